The van der Waals surface area contributed by atoms with E-state index in [4.69, 9.17) is 4.42 Å². The van der Waals surface area contributed by atoms with Crippen molar-refractivity contribution in [3.05, 3.63) is 59.5 Å². The van der Waals surface area contributed by atoms with Crippen molar-refractivity contribution in [1.82, 2.24) is 10.6 Å². The van der Waals surface area contributed by atoms with Gasteiger partial charge in [0.2, 0.25) is 5.91 Å². The van der Waals surface area contributed by atoms with Gasteiger partial charge in [-0.05, 0) is 30.2 Å². The van der Waals surface area contributed by atoms with Crippen LogP contribution in [0, 0.1) is 0 Å². The Kier molecular flexibility index (Phi) is 3.56. The van der Waals surface area contributed by atoms with E-state index < -0.39 is 0 Å². The van der Waals surface area contributed by atoms with Gasteiger partial charge in [-0.2, -0.15) is 0 Å². The van der Waals surface area contributed by atoms with Crippen LogP contribution in [0.25, 0.3) is 0 Å². The molecular weight excluding hydrogens is 252 g/mol. The fourth-order valence-corrected chi connectivity index (χ4v) is 2.65. The van der Waals surface area contributed by atoms with Crippen LogP contribution < -0.4 is 10.6 Å². The van der Waals surface area contributed by atoms with Crippen molar-refractivity contribution in [2.24, 2.45) is 0 Å². The number of rotatable bonds is 3. The zero-order valence-corrected chi connectivity index (χ0v) is 11.4. The minimum absolute atomic E-state index is 0.0357. The average molecular weight is 270 g/mol. The van der Waals surface area contributed by atoms with Gasteiger partial charge in [0.25, 0.3) is 0 Å². The fourth-order valence-electron chi connectivity index (χ4n) is 2.65. The highest BCUT2D eigenvalue weighted by Crippen LogP contribution is 2.25. The Balaban J connectivity index is 1.75. The number of furan rings is 1. The summed E-state index contributed by atoms with van der Waals surface area (Å²) in [6.45, 7) is 3.43. The lowest BCUT2D eigenvalue weighted by atomic mass is 9.90. The highest BCUT2D eigenvalue weighted by Gasteiger charge is 2.27. The van der Waals surface area contributed by atoms with E-state index >= 15 is 0 Å². The molecule has 0 saturated carbocycles. The molecule has 2 heterocycles. The Morgan fingerprint density at radius 2 is 2.20 bits per heavy atom. The first kappa shape index (κ1) is 12.9. The van der Waals surface area contributed by atoms with Crippen LogP contribution in [0.3, 0.4) is 0 Å². The Bertz CT molecular complexity index is 592. The number of carbonyl (C=O) groups excluding carboxylic acids is 1. The Hall–Kier alpha value is -2.07. The average Bonchev–Trinajstić information content (AvgIpc) is 3.01. The number of benzene rings is 1. The lowest BCUT2D eigenvalue weighted by Crippen LogP contribution is -2.39. The molecule has 2 N–H and O–H groups in total. The molecule has 0 fully saturated rings. The third-order valence-electron chi connectivity index (χ3n) is 3.74. The topological polar surface area (TPSA) is 54.3 Å². The summed E-state index contributed by atoms with van der Waals surface area (Å²) in [7, 11) is 0. The standard InChI is InChI=1S/C16H18N2O2/c1-11(15-7-4-8-20-15)18-16(19)14-10-17-9-12-5-2-3-6-13(12)14/h2-8,11,14,17H,9-10H2,1H3,(H,18,19)/t11-,14?/m0/s1. The number of carbonyl (C=O) groups is 1. The molecule has 0 radical (unpaired) electrons. The van der Waals surface area contributed by atoms with Gasteiger partial charge in [-0.1, -0.05) is 24.3 Å². The molecule has 1 aromatic carbocycles. The van der Waals surface area contributed by atoms with Crippen molar-refractivity contribution >= 4 is 5.91 Å². The summed E-state index contributed by atoms with van der Waals surface area (Å²) in [5, 5.41) is 6.32. The maximum atomic E-state index is 12.5. The predicted molar refractivity (Wildman–Crippen MR) is 76.2 cm³/mol. The van der Waals surface area contributed by atoms with Gasteiger partial charge < -0.3 is 15.1 Å². The number of hydrogen-bond donors (Lipinski definition) is 2. The van der Waals surface area contributed by atoms with Crippen LogP contribution in [0.4, 0.5) is 0 Å². The molecule has 4 heteroatoms. The van der Waals surface area contributed by atoms with Crippen molar-refractivity contribution in [3.8, 4) is 0 Å². The fraction of sp³-hybridized carbons (Fsp3) is 0.312. The van der Waals surface area contributed by atoms with E-state index in [9.17, 15) is 4.79 Å². The van der Waals surface area contributed by atoms with Gasteiger partial charge in [-0.25, -0.2) is 0 Å². The summed E-state index contributed by atoms with van der Waals surface area (Å²) in [5.74, 6) is 0.668. The third-order valence-corrected chi connectivity index (χ3v) is 3.74. The van der Waals surface area contributed by atoms with E-state index in [-0.39, 0.29) is 17.9 Å². The van der Waals surface area contributed by atoms with Gasteiger partial charge in [0.15, 0.2) is 0 Å². The van der Waals surface area contributed by atoms with Crippen molar-refractivity contribution < 1.29 is 9.21 Å². The molecular formula is C16H18N2O2. The first-order chi connectivity index (χ1) is 9.75. The minimum atomic E-state index is -0.141. The summed E-state index contributed by atoms with van der Waals surface area (Å²) >= 11 is 0. The predicted octanol–water partition coefficient (Wildman–Crippen LogP) is 2.34. The largest absolute Gasteiger partial charge is 0.467 e. The normalized spacial score (nSPS) is 19.1. The molecule has 4 nitrogen and oxygen atoms in total. The van der Waals surface area contributed by atoms with E-state index in [0.29, 0.717) is 6.54 Å². The number of nitrogens with one attached hydrogen (secondary N) is 2. The molecule has 1 aromatic heterocycles. The summed E-state index contributed by atoms with van der Waals surface area (Å²) < 4.78 is 5.32. The van der Waals surface area contributed by atoms with Crippen LogP contribution in [0.2, 0.25) is 0 Å². The Labute approximate surface area is 118 Å². The van der Waals surface area contributed by atoms with Crippen LogP contribution in [0.1, 0.15) is 35.8 Å². The molecule has 0 spiro atoms. The van der Waals surface area contributed by atoms with E-state index in [2.05, 4.69) is 16.7 Å². The zero-order chi connectivity index (χ0) is 13.9. The van der Waals surface area contributed by atoms with Crippen molar-refractivity contribution in [1.29, 1.82) is 0 Å². The summed E-state index contributed by atoms with van der Waals surface area (Å²) in [6, 6.07) is 11.7. The highest BCUT2D eigenvalue weighted by molar-refractivity contribution is 5.85. The molecule has 2 atom stereocenters. The van der Waals surface area contributed by atoms with Gasteiger partial charge in [0.1, 0.15) is 5.76 Å². The Morgan fingerprint density at radius 1 is 1.35 bits per heavy atom. The van der Waals surface area contributed by atoms with Gasteiger partial charge >= 0.3 is 0 Å². The molecule has 2 aromatic rings. The highest BCUT2D eigenvalue weighted by atomic mass is 16.3. The van der Waals surface area contributed by atoms with E-state index in [1.807, 2.05) is 37.3 Å². The Morgan fingerprint density at radius 3 is 3.00 bits per heavy atom. The lowest BCUT2D eigenvalue weighted by Gasteiger charge is -2.26. The second-order valence-electron chi connectivity index (χ2n) is 5.13. The molecule has 0 aliphatic carbocycles. The van der Waals surface area contributed by atoms with E-state index in [0.717, 1.165) is 17.9 Å². The lowest BCUT2D eigenvalue weighted by molar-refractivity contribution is -0.123. The minimum Gasteiger partial charge on any atom is -0.467 e. The maximum absolute atomic E-state index is 12.5. The van der Waals surface area contributed by atoms with Crippen LogP contribution in [0.5, 0.6) is 0 Å². The maximum Gasteiger partial charge on any atom is 0.229 e. The molecule has 3 rings (SSSR count). The summed E-state index contributed by atoms with van der Waals surface area (Å²) in [6.07, 6.45) is 1.62. The van der Waals surface area contributed by atoms with Crippen LogP contribution in [-0.2, 0) is 11.3 Å². The number of fused-ring (bicyclic) bond motifs is 1. The van der Waals surface area contributed by atoms with Crippen LogP contribution in [-0.4, -0.2) is 12.5 Å². The summed E-state index contributed by atoms with van der Waals surface area (Å²) in [4.78, 5) is 12.5. The SMILES string of the molecule is C[C@H](NC(=O)C1CNCc2ccccc21)c1ccco1. The number of amides is 1. The molecule has 1 amide bonds. The zero-order valence-electron chi connectivity index (χ0n) is 11.4. The quantitative estimate of drug-likeness (QED) is 0.900. The number of hydrogen-bond acceptors (Lipinski definition) is 3. The van der Waals surface area contributed by atoms with E-state index in [1.54, 1.807) is 6.26 Å². The molecule has 20 heavy (non-hydrogen) atoms. The first-order valence-electron chi connectivity index (χ1n) is 6.88. The van der Waals surface area contributed by atoms with Crippen molar-refractivity contribution in [2.45, 2.75) is 25.4 Å². The first-order valence-corrected chi connectivity index (χ1v) is 6.88. The summed E-state index contributed by atoms with van der Waals surface area (Å²) in [5.41, 5.74) is 2.32. The molecule has 1 unspecified atom stereocenters. The molecule has 0 saturated heterocycles. The van der Waals surface area contributed by atoms with Gasteiger partial charge in [0, 0.05) is 13.1 Å². The van der Waals surface area contributed by atoms with Crippen LogP contribution >= 0.6 is 0 Å². The molecule has 0 bridgehead atoms. The van der Waals surface area contributed by atoms with Gasteiger partial charge in [-0.3, -0.25) is 4.79 Å². The van der Waals surface area contributed by atoms with Gasteiger partial charge in [-0.15, -0.1) is 0 Å². The van der Waals surface area contributed by atoms with E-state index in [1.165, 1.54) is 5.56 Å². The molecule has 104 valence electrons. The molecule has 1 aliphatic heterocycles. The monoisotopic (exact) mass is 270 g/mol. The van der Waals surface area contributed by atoms with Gasteiger partial charge in [0.05, 0.1) is 18.2 Å². The van der Waals surface area contributed by atoms with Crippen molar-refractivity contribution in [2.75, 3.05) is 6.54 Å². The smallest absolute Gasteiger partial charge is 0.229 e. The second kappa shape index (κ2) is 5.51. The van der Waals surface area contributed by atoms with Crippen molar-refractivity contribution in [3.63, 3.8) is 0 Å². The third kappa shape index (κ3) is 2.47. The van der Waals surface area contributed by atoms with Crippen LogP contribution in [0.15, 0.2) is 47.1 Å². The molecule has 1 aliphatic rings. The second-order valence-corrected chi connectivity index (χ2v) is 5.13.